The van der Waals surface area contributed by atoms with E-state index < -0.39 is 0 Å². The minimum atomic E-state index is 0.384. The summed E-state index contributed by atoms with van der Waals surface area (Å²) >= 11 is 0. The van der Waals surface area contributed by atoms with E-state index in [1.54, 1.807) is 4.80 Å². The molecule has 1 fully saturated rings. The van der Waals surface area contributed by atoms with Gasteiger partial charge in [-0.25, -0.2) is 0 Å². The Kier molecular flexibility index (Phi) is 2.42. The molecule has 0 spiro atoms. The highest BCUT2D eigenvalue weighted by molar-refractivity contribution is 5.02. The Morgan fingerprint density at radius 2 is 2.18 bits per heavy atom. The fraction of sp³-hybridized carbons (Fsp3) is 0.636. The predicted octanol–water partition coefficient (Wildman–Crippen LogP) is 1.38. The van der Waals surface area contributed by atoms with Gasteiger partial charge in [0, 0.05) is 18.2 Å². The highest BCUT2D eigenvalue weighted by Crippen LogP contribution is 2.37. The molecule has 2 aromatic rings. The van der Waals surface area contributed by atoms with Crippen molar-refractivity contribution in [1.29, 1.82) is 0 Å². The summed E-state index contributed by atoms with van der Waals surface area (Å²) in [6.45, 7) is 4.81. The molecule has 0 unspecified atom stereocenters. The van der Waals surface area contributed by atoms with Crippen LogP contribution in [0.5, 0.6) is 0 Å². The smallest absolute Gasteiger partial charge is 0.177 e. The summed E-state index contributed by atoms with van der Waals surface area (Å²) in [6, 6.07) is 2.38. The van der Waals surface area contributed by atoms with Crippen molar-refractivity contribution in [1.82, 2.24) is 30.0 Å². The Balaban J connectivity index is 1.71. The van der Waals surface area contributed by atoms with Crippen LogP contribution >= 0.6 is 0 Å². The quantitative estimate of drug-likeness (QED) is 0.799. The third kappa shape index (κ3) is 2.20. The van der Waals surface area contributed by atoms with Gasteiger partial charge >= 0.3 is 0 Å². The summed E-state index contributed by atoms with van der Waals surface area (Å²) in [5.41, 5.74) is 0.971. The first-order valence-corrected chi connectivity index (χ1v) is 6.04. The Labute approximate surface area is 99.6 Å². The maximum Gasteiger partial charge on any atom is 0.177 e. The van der Waals surface area contributed by atoms with E-state index in [2.05, 4.69) is 34.4 Å². The van der Waals surface area contributed by atoms with Crippen molar-refractivity contribution in [3.63, 3.8) is 0 Å². The Bertz CT molecular complexity index is 469. The van der Waals surface area contributed by atoms with Crippen LogP contribution in [0.25, 0.3) is 0 Å². The number of aromatic nitrogens is 6. The van der Waals surface area contributed by atoms with Crippen LogP contribution in [0.3, 0.4) is 0 Å². The van der Waals surface area contributed by atoms with Crippen LogP contribution in [0.1, 0.15) is 50.2 Å². The van der Waals surface area contributed by atoms with Crippen LogP contribution in [-0.2, 0) is 6.54 Å². The molecule has 2 heterocycles. The average molecular weight is 232 g/mol. The van der Waals surface area contributed by atoms with E-state index in [0.29, 0.717) is 18.5 Å². The number of tetrazole rings is 1. The fourth-order valence-corrected chi connectivity index (χ4v) is 1.72. The molecule has 0 aliphatic heterocycles. The lowest BCUT2D eigenvalue weighted by Gasteiger charge is -2.03. The van der Waals surface area contributed by atoms with Crippen molar-refractivity contribution in [2.75, 3.05) is 0 Å². The van der Waals surface area contributed by atoms with Crippen molar-refractivity contribution >= 4 is 0 Å². The van der Waals surface area contributed by atoms with Gasteiger partial charge in [0.25, 0.3) is 0 Å². The molecule has 1 saturated carbocycles. The Hall–Kier alpha value is -1.72. The highest BCUT2D eigenvalue weighted by atomic mass is 15.6. The third-order valence-electron chi connectivity index (χ3n) is 2.91. The second kappa shape index (κ2) is 3.94. The van der Waals surface area contributed by atoms with Crippen molar-refractivity contribution in [3.05, 3.63) is 23.8 Å². The monoisotopic (exact) mass is 232 g/mol. The summed E-state index contributed by atoms with van der Waals surface area (Å²) in [4.78, 5) is 1.63. The van der Waals surface area contributed by atoms with E-state index >= 15 is 0 Å². The van der Waals surface area contributed by atoms with Gasteiger partial charge in [-0.05, 0) is 38.0 Å². The van der Waals surface area contributed by atoms with Crippen molar-refractivity contribution in [2.45, 2.75) is 45.2 Å². The lowest BCUT2D eigenvalue weighted by atomic mass is 10.4. The molecule has 0 radical (unpaired) electrons. The predicted molar refractivity (Wildman–Crippen MR) is 61.5 cm³/mol. The summed E-state index contributed by atoms with van der Waals surface area (Å²) in [5, 5.41) is 16.9. The molecule has 6 nitrogen and oxygen atoms in total. The van der Waals surface area contributed by atoms with E-state index in [-0.39, 0.29) is 0 Å². The third-order valence-corrected chi connectivity index (χ3v) is 2.91. The van der Waals surface area contributed by atoms with E-state index in [1.165, 1.54) is 12.8 Å². The number of nitrogens with zero attached hydrogens (tertiary/aromatic N) is 6. The van der Waals surface area contributed by atoms with Gasteiger partial charge in [-0.3, -0.25) is 4.68 Å². The summed E-state index contributed by atoms with van der Waals surface area (Å²) in [5.74, 6) is 1.44. The first-order chi connectivity index (χ1) is 8.22. The molecule has 0 N–H and O–H groups in total. The molecule has 90 valence electrons. The molecule has 0 amide bonds. The molecule has 1 aliphatic carbocycles. The molecule has 0 saturated heterocycles. The normalized spacial score (nSPS) is 15.7. The zero-order valence-electron chi connectivity index (χ0n) is 10.1. The van der Waals surface area contributed by atoms with Crippen LogP contribution in [0.2, 0.25) is 0 Å². The summed E-state index contributed by atoms with van der Waals surface area (Å²) in [7, 11) is 0. The number of rotatable bonds is 4. The molecular weight excluding hydrogens is 216 g/mol. The first-order valence-electron chi connectivity index (χ1n) is 6.04. The number of hydrogen-bond donors (Lipinski definition) is 0. The van der Waals surface area contributed by atoms with Gasteiger partial charge in [0.1, 0.15) is 6.54 Å². The molecule has 3 rings (SSSR count). The minimum Gasteiger partial charge on any atom is -0.270 e. The molecular formula is C11H16N6. The van der Waals surface area contributed by atoms with Crippen LogP contribution in [-0.4, -0.2) is 30.0 Å². The molecule has 0 bridgehead atoms. The molecule has 1 aliphatic rings. The van der Waals surface area contributed by atoms with Crippen molar-refractivity contribution in [3.8, 4) is 0 Å². The number of hydrogen-bond acceptors (Lipinski definition) is 4. The van der Waals surface area contributed by atoms with Crippen LogP contribution < -0.4 is 0 Å². The van der Waals surface area contributed by atoms with Gasteiger partial charge in [-0.2, -0.15) is 9.90 Å². The van der Waals surface area contributed by atoms with E-state index in [4.69, 9.17) is 0 Å². The standard InChI is InChI=1S/C11H16N6/c1-8(2)16-6-5-10(13-16)7-17-14-11(12-15-17)9-3-4-9/h5-6,8-9H,3-4,7H2,1-2H3. The van der Waals surface area contributed by atoms with Crippen LogP contribution in [0, 0.1) is 0 Å². The summed E-state index contributed by atoms with van der Waals surface area (Å²) < 4.78 is 1.94. The zero-order valence-corrected chi connectivity index (χ0v) is 10.1. The van der Waals surface area contributed by atoms with E-state index in [9.17, 15) is 0 Å². The second-order valence-electron chi connectivity index (χ2n) is 4.83. The molecule has 6 heteroatoms. The highest BCUT2D eigenvalue weighted by Gasteiger charge is 2.28. The second-order valence-corrected chi connectivity index (χ2v) is 4.83. The largest absolute Gasteiger partial charge is 0.270 e. The fourth-order valence-electron chi connectivity index (χ4n) is 1.72. The first kappa shape index (κ1) is 10.4. The molecule has 0 aromatic carbocycles. The average Bonchev–Trinajstić information content (AvgIpc) is 2.87. The topological polar surface area (TPSA) is 61.4 Å². The Morgan fingerprint density at radius 1 is 1.35 bits per heavy atom. The summed E-state index contributed by atoms with van der Waals surface area (Å²) in [6.07, 6.45) is 4.39. The SMILES string of the molecule is CC(C)n1ccc(Cn2nnc(C3CC3)n2)n1. The van der Waals surface area contributed by atoms with Gasteiger partial charge in [0.05, 0.1) is 5.69 Å². The maximum atomic E-state index is 4.46. The van der Waals surface area contributed by atoms with Crippen molar-refractivity contribution in [2.24, 2.45) is 0 Å². The van der Waals surface area contributed by atoms with Gasteiger partial charge in [-0.15, -0.1) is 10.2 Å². The van der Waals surface area contributed by atoms with Crippen molar-refractivity contribution < 1.29 is 0 Å². The molecule has 2 aromatic heterocycles. The van der Waals surface area contributed by atoms with Gasteiger partial charge in [-0.1, -0.05) is 0 Å². The van der Waals surface area contributed by atoms with Gasteiger partial charge in [0.2, 0.25) is 0 Å². The van der Waals surface area contributed by atoms with Gasteiger partial charge in [0.15, 0.2) is 5.82 Å². The molecule has 0 atom stereocenters. The zero-order chi connectivity index (χ0) is 11.8. The van der Waals surface area contributed by atoms with Crippen LogP contribution in [0.15, 0.2) is 12.3 Å². The van der Waals surface area contributed by atoms with E-state index in [0.717, 1.165) is 11.5 Å². The van der Waals surface area contributed by atoms with Gasteiger partial charge < -0.3 is 0 Å². The minimum absolute atomic E-state index is 0.384. The lowest BCUT2D eigenvalue weighted by Crippen LogP contribution is -2.07. The lowest BCUT2D eigenvalue weighted by molar-refractivity contribution is 0.508. The molecule has 17 heavy (non-hydrogen) atoms. The van der Waals surface area contributed by atoms with E-state index in [1.807, 2.05) is 16.9 Å². The maximum absolute atomic E-state index is 4.46. The Morgan fingerprint density at radius 3 is 2.82 bits per heavy atom. The van der Waals surface area contributed by atoms with Crippen LogP contribution in [0.4, 0.5) is 0 Å².